The van der Waals surface area contributed by atoms with Crippen molar-refractivity contribution >= 4 is 23.3 Å². The predicted octanol–water partition coefficient (Wildman–Crippen LogP) is 3.28. The van der Waals surface area contributed by atoms with E-state index in [0.717, 1.165) is 19.3 Å². The average Bonchev–Trinajstić information content (AvgIpc) is 3.13. The molecular formula is C23H28N2O5. The molecule has 1 heterocycles. The highest BCUT2D eigenvalue weighted by molar-refractivity contribution is 6.04. The van der Waals surface area contributed by atoms with Crippen LogP contribution in [0.25, 0.3) is 0 Å². The minimum atomic E-state index is -0.248. The lowest BCUT2D eigenvalue weighted by Gasteiger charge is -2.55. The maximum Gasteiger partial charge on any atom is 0.231 e. The highest BCUT2D eigenvalue weighted by Gasteiger charge is 2.54. The first-order valence-electron chi connectivity index (χ1n) is 10.9. The molecule has 0 unspecified atom stereocenters. The zero-order chi connectivity index (χ0) is 20.9. The molecule has 0 atom stereocenters. The summed E-state index contributed by atoms with van der Waals surface area (Å²) in [6, 6.07) is 3.21. The molecule has 4 fully saturated rings. The molecule has 1 aliphatic heterocycles. The molecule has 2 N–H and O–H groups in total. The van der Waals surface area contributed by atoms with Crippen LogP contribution < -0.4 is 20.1 Å². The summed E-state index contributed by atoms with van der Waals surface area (Å²) < 4.78 is 10.6. The Bertz CT molecular complexity index is 874. The lowest BCUT2D eigenvalue weighted by atomic mass is 9.49. The molecule has 0 spiro atoms. The second kappa shape index (κ2) is 7.29. The van der Waals surface area contributed by atoms with Gasteiger partial charge in [-0.2, -0.15) is 0 Å². The molecule has 0 saturated heterocycles. The molecule has 0 aromatic heterocycles. The van der Waals surface area contributed by atoms with Crippen molar-refractivity contribution in [3.05, 3.63) is 17.7 Å². The van der Waals surface area contributed by atoms with Gasteiger partial charge in [-0.05, 0) is 69.3 Å². The molecule has 6 rings (SSSR count). The number of fused-ring (bicyclic) bond motifs is 1. The van der Waals surface area contributed by atoms with E-state index < -0.39 is 0 Å². The number of ether oxygens (including phenoxy) is 2. The third-order valence-corrected chi connectivity index (χ3v) is 7.32. The molecule has 7 heteroatoms. The van der Waals surface area contributed by atoms with Gasteiger partial charge in [0.1, 0.15) is 0 Å². The van der Waals surface area contributed by atoms with E-state index >= 15 is 0 Å². The number of benzene rings is 1. The fourth-order valence-electron chi connectivity index (χ4n) is 6.42. The topological polar surface area (TPSA) is 93.7 Å². The summed E-state index contributed by atoms with van der Waals surface area (Å²) in [5, 5.41) is 5.81. The van der Waals surface area contributed by atoms with Crippen molar-refractivity contribution in [2.45, 2.75) is 51.9 Å². The zero-order valence-electron chi connectivity index (χ0n) is 17.3. The van der Waals surface area contributed by atoms with E-state index in [-0.39, 0.29) is 36.2 Å². The van der Waals surface area contributed by atoms with Crippen molar-refractivity contribution < 1.29 is 23.9 Å². The smallest absolute Gasteiger partial charge is 0.231 e. The van der Waals surface area contributed by atoms with E-state index in [9.17, 15) is 14.4 Å². The Kier molecular flexibility index (Phi) is 4.71. The number of Topliss-reactive ketones (excluding diaryl/α,β-unsaturated/α-hetero) is 1. The summed E-state index contributed by atoms with van der Waals surface area (Å²) in [7, 11) is 0. The Morgan fingerprint density at radius 2 is 1.60 bits per heavy atom. The molecule has 1 aromatic rings. The molecule has 4 saturated carbocycles. The van der Waals surface area contributed by atoms with Crippen LogP contribution in [0.3, 0.4) is 0 Å². The maximum atomic E-state index is 13.0. The summed E-state index contributed by atoms with van der Waals surface area (Å²) >= 11 is 0. The van der Waals surface area contributed by atoms with Gasteiger partial charge in [-0.15, -0.1) is 0 Å². The molecule has 4 aliphatic carbocycles. The fraction of sp³-hybridized carbons (Fsp3) is 0.609. The van der Waals surface area contributed by atoms with Gasteiger partial charge < -0.3 is 20.1 Å². The second-order valence-corrected chi connectivity index (χ2v) is 9.56. The second-order valence-electron chi connectivity index (χ2n) is 9.56. The summed E-state index contributed by atoms with van der Waals surface area (Å²) in [6.45, 7) is 1.84. The van der Waals surface area contributed by atoms with Crippen molar-refractivity contribution in [2.24, 2.45) is 23.2 Å². The monoisotopic (exact) mass is 412 g/mol. The third kappa shape index (κ3) is 3.44. The van der Waals surface area contributed by atoms with Crippen LogP contribution in [0.4, 0.5) is 5.69 Å². The first-order chi connectivity index (χ1) is 14.4. The summed E-state index contributed by atoms with van der Waals surface area (Å²) in [5.74, 6) is 2.85. The molecule has 30 heavy (non-hydrogen) atoms. The average molecular weight is 412 g/mol. The highest BCUT2D eigenvalue weighted by atomic mass is 16.7. The van der Waals surface area contributed by atoms with Gasteiger partial charge in [0.25, 0.3) is 0 Å². The SMILES string of the molecule is CC(=O)c1cc2c(cc1NC(=O)CCNC(=O)C13CC4CC(CC(C4)C1)C3)OCO2. The Hall–Kier alpha value is -2.57. The van der Waals surface area contributed by atoms with Crippen molar-refractivity contribution in [1.82, 2.24) is 5.32 Å². The first kappa shape index (κ1) is 19.4. The van der Waals surface area contributed by atoms with Gasteiger partial charge in [-0.3, -0.25) is 14.4 Å². The number of hydrogen-bond acceptors (Lipinski definition) is 5. The van der Waals surface area contributed by atoms with Crippen LogP contribution in [0.5, 0.6) is 11.5 Å². The van der Waals surface area contributed by atoms with E-state index in [1.807, 2.05) is 0 Å². The summed E-state index contributed by atoms with van der Waals surface area (Å²) in [6.07, 6.45) is 7.07. The molecular weight excluding hydrogens is 384 g/mol. The number of ketones is 1. The van der Waals surface area contributed by atoms with Crippen LogP contribution in [-0.2, 0) is 9.59 Å². The van der Waals surface area contributed by atoms with Gasteiger partial charge in [-0.25, -0.2) is 0 Å². The fourth-order valence-corrected chi connectivity index (χ4v) is 6.42. The van der Waals surface area contributed by atoms with Crippen LogP contribution in [0, 0.1) is 23.2 Å². The third-order valence-electron chi connectivity index (χ3n) is 7.32. The van der Waals surface area contributed by atoms with Gasteiger partial charge >= 0.3 is 0 Å². The normalized spacial score (nSPS) is 30.2. The Morgan fingerprint density at radius 1 is 1.00 bits per heavy atom. The number of rotatable bonds is 6. The van der Waals surface area contributed by atoms with Crippen LogP contribution in [-0.4, -0.2) is 30.9 Å². The Labute approximate surface area is 175 Å². The van der Waals surface area contributed by atoms with E-state index in [1.165, 1.54) is 26.2 Å². The number of carbonyl (C=O) groups excluding carboxylic acids is 3. The molecule has 7 nitrogen and oxygen atoms in total. The summed E-state index contributed by atoms with van der Waals surface area (Å²) in [4.78, 5) is 37.4. The number of anilines is 1. The van der Waals surface area contributed by atoms with Crippen LogP contribution in [0.1, 0.15) is 62.2 Å². The predicted molar refractivity (Wildman–Crippen MR) is 109 cm³/mol. The molecule has 160 valence electrons. The van der Waals surface area contributed by atoms with Crippen molar-refractivity contribution in [3.63, 3.8) is 0 Å². The van der Waals surface area contributed by atoms with Gasteiger partial charge in [0.15, 0.2) is 17.3 Å². The van der Waals surface area contributed by atoms with Gasteiger partial charge in [0, 0.05) is 30.0 Å². The lowest BCUT2D eigenvalue weighted by Crippen LogP contribution is -2.53. The van der Waals surface area contributed by atoms with E-state index in [2.05, 4.69) is 10.6 Å². The minimum Gasteiger partial charge on any atom is -0.454 e. The van der Waals surface area contributed by atoms with E-state index in [0.29, 0.717) is 47.0 Å². The van der Waals surface area contributed by atoms with Gasteiger partial charge in [-0.1, -0.05) is 0 Å². The van der Waals surface area contributed by atoms with Crippen LogP contribution >= 0.6 is 0 Å². The zero-order valence-corrected chi connectivity index (χ0v) is 17.3. The quantitative estimate of drug-likeness (QED) is 0.700. The first-order valence-corrected chi connectivity index (χ1v) is 10.9. The molecule has 1 aromatic carbocycles. The molecule has 4 bridgehead atoms. The van der Waals surface area contributed by atoms with Crippen LogP contribution in [0.15, 0.2) is 12.1 Å². The molecule has 0 radical (unpaired) electrons. The Balaban J connectivity index is 1.18. The molecule has 2 amide bonds. The van der Waals surface area contributed by atoms with E-state index in [1.54, 1.807) is 12.1 Å². The maximum absolute atomic E-state index is 13.0. The number of hydrogen-bond donors (Lipinski definition) is 2. The highest BCUT2D eigenvalue weighted by Crippen LogP contribution is 2.60. The van der Waals surface area contributed by atoms with Crippen LogP contribution in [0.2, 0.25) is 0 Å². The minimum absolute atomic E-state index is 0.0976. The molecule has 5 aliphatic rings. The summed E-state index contributed by atoms with van der Waals surface area (Å²) in [5.41, 5.74) is 0.582. The Morgan fingerprint density at radius 3 is 2.20 bits per heavy atom. The lowest BCUT2D eigenvalue weighted by molar-refractivity contribution is -0.146. The standard InChI is InChI=1S/C23H28N2O5/c1-13(26)17-7-19-20(30-12-29-19)8-18(17)25-21(27)2-3-24-22(28)23-9-14-4-15(10-23)6-16(5-14)11-23/h7-8,14-16H,2-6,9-12H2,1H3,(H,24,28)(H,25,27). The largest absolute Gasteiger partial charge is 0.454 e. The van der Waals surface area contributed by atoms with E-state index in [4.69, 9.17) is 9.47 Å². The number of nitrogens with one attached hydrogen (secondary N) is 2. The van der Waals surface area contributed by atoms with Crippen molar-refractivity contribution in [1.29, 1.82) is 0 Å². The van der Waals surface area contributed by atoms with Gasteiger partial charge in [0.05, 0.1) is 5.69 Å². The number of amides is 2. The van der Waals surface area contributed by atoms with Crippen molar-refractivity contribution in [3.8, 4) is 11.5 Å². The van der Waals surface area contributed by atoms with Crippen molar-refractivity contribution in [2.75, 3.05) is 18.7 Å². The number of carbonyl (C=O) groups is 3. The van der Waals surface area contributed by atoms with Gasteiger partial charge in [0.2, 0.25) is 18.6 Å².